The van der Waals surface area contributed by atoms with Crippen LogP contribution in [0.2, 0.25) is 0 Å². The van der Waals surface area contributed by atoms with Gasteiger partial charge in [0.1, 0.15) is 11.9 Å². The SMILES string of the molecule is O=C1c2ccccc2NC(C2CNNC2c2cccnc2)N1Cc1ccco1. The van der Waals surface area contributed by atoms with Crippen molar-refractivity contribution in [1.82, 2.24) is 20.7 Å². The maximum Gasteiger partial charge on any atom is 0.258 e. The number of furan rings is 1. The van der Waals surface area contributed by atoms with Gasteiger partial charge in [-0.15, -0.1) is 0 Å². The Labute approximate surface area is 162 Å². The van der Waals surface area contributed by atoms with E-state index < -0.39 is 0 Å². The highest BCUT2D eigenvalue weighted by Crippen LogP contribution is 2.35. The summed E-state index contributed by atoms with van der Waals surface area (Å²) in [6.07, 6.45) is 5.08. The van der Waals surface area contributed by atoms with E-state index in [2.05, 4.69) is 27.2 Å². The minimum absolute atomic E-state index is 0.00702. The topological polar surface area (TPSA) is 82.4 Å². The normalized spacial score (nSPS) is 24.1. The van der Waals surface area contributed by atoms with Crippen molar-refractivity contribution in [2.24, 2.45) is 5.92 Å². The molecule has 1 fully saturated rings. The molecule has 3 N–H and O–H groups in total. The van der Waals surface area contributed by atoms with E-state index in [1.165, 1.54) is 0 Å². The second-order valence-electron chi connectivity index (χ2n) is 7.10. The van der Waals surface area contributed by atoms with Crippen molar-refractivity contribution in [1.29, 1.82) is 0 Å². The van der Waals surface area contributed by atoms with Crippen LogP contribution < -0.4 is 16.2 Å². The molecular weight excluding hydrogens is 354 g/mol. The number of nitrogens with one attached hydrogen (secondary N) is 3. The molecule has 0 bridgehead atoms. The molecule has 3 atom stereocenters. The molecule has 2 aliphatic rings. The number of fused-ring (bicyclic) bond motifs is 1. The summed E-state index contributed by atoms with van der Waals surface area (Å²) in [6, 6.07) is 15.4. The van der Waals surface area contributed by atoms with E-state index in [1.807, 2.05) is 53.6 Å². The minimum Gasteiger partial charge on any atom is -0.467 e. The number of aromatic nitrogens is 1. The van der Waals surface area contributed by atoms with E-state index in [4.69, 9.17) is 4.42 Å². The molecule has 0 aliphatic carbocycles. The number of carbonyl (C=O) groups is 1. The average Bonchev–Trinajstić information content (AvgIpc) is 3.43. The van der Waals surface area contributed by atoms with Gasteiger partial charge in [-0.25, -0.2) is 5.43 Å². The number of rotatable bonds is 4. The third-order valence-electron chi connectivity index (χ3n) is 5.44. The summed E-state index contributed by atoms with van der Waals surface area (Å²) in [4.78, 5) is 19.5. The van der Waals surface area contributed by atoms with E-state index >= 15 is 0 Å². The van der Waals surface area contributed by atoms with Crippen molar-refractivity contribution < 1.29 is 9.21 Å². The predicted molar refractivity (Wildman–Crippen MR) is 104 cm³/mol. The molecule has 142 valence electrons. The molecule has 2 aromatic heterocycles. The van der Waals surface area contributed by atoms with Crippen LogP contribution in [-0.2, 0) is 6.54 Å². The van der Waals surface area contributed by atoms with Crippen LogP contribution in [0.15, 0.2) is 71.6 Å². The molecule has 0 spiro atoms. The van der Waals surface area contributed by atoms with Gasteiger partial charge in [-0.05, 0) is 35.9 Å². The predicted octanol–water partition coefficient (Wildman–Crippen LogP) is 2.53. The van der Waals surface area contributed by atoms with Crippen LogP contribution in [0.3, 0.4) is 0 Å². The fourth-order valence-corrected chi connectivity index (χ4v) is 4.09. The minimum atomic E-state index is -0.194. The highest BCUT2D eigenvalue weighted by molar-refractivity contribution is 6.01. The first-order valence-corrected chi connectivity index (χ1v) is 9.38. The molecule has 1 saturated heterocycles. The molecule has 4 heterocycles. The summed E-state index contributed by atoms with van der Waals surface area (Å²) < 4.78 is 5.53. The van der Waals surface area contributed by atoms with Crippen LogP contribution in [0.4, 0.5) is 5.69 Å². The second-order valence-corrected chi connectivity index (χ2v) is 7.10. The van der Waals surface area contributed by atoms with Crippen LogP contribution in [0.5, 0.6) is 0 Å². The number of nitrogens with zero attached hydrogens (tertiary/aromatic N) is 2. The maximum atomic E-state index is 13.3. The summed E-state index contributed by atoms with van der Waals surface area (Å²) in [5, 5.41) is 3.59. The van der Waals surface area contributed by atoms with Crippen LogP contribution in [0.1, 0.15) is 27.7 Å². The van der Waals surface area contributed by atoms with Gasteiger partial charge in [0, 0.05) is 30.5 Å². The highest BCUT2D eigenvalue weighted by atomic mass is 16.3. The number of hydrogen-bond acceptors (Lipinski definition) is 6. The molecule has 7 heteroatoms. The Kier molecular flexibility index (Phi) is 4.31. The number of hydrazine groups is 1. The fraction of sp³-hybridized carbons (Fsp3) is 0.238. The molecule has 5 rings (SSSR count). The fourth-order valence-electron chi connectivity index (χ4n) is 4.09. The van der Waals surface area contributed by atoms with Crippen molar-refractivity contribution in [3.8, 4) is 0 Å². The molecule has 3 unspecified atom stereocenters. The van der Waals surface area contributed by atoms with Crippen LogP contribution >= 0.6 is 0 Å². The summed E-state index contributed by atoms with van der Waals surface area (Å²) in [7, 11) is 0. The van der Waals surface area contributed by atoms with Gasteiger partial charge in [0.25, 0.3) is 5.91 Å². The van der Waals surface area contributed by atoms with Crippen LogP contribution in [0.25, 0.3) is 0 Å². The van der Waals surface area contributed by atoms with E-state index in [1.54, 1.807) is 12.5 Å². The molecule has 0 radical (unpaired) electrons. The lowest BCUT2D eigenvalue weighted by molar-refractivity contribution is 0.0580. The lowest BCUT2D eigenvalue weighted by Gasteiger charge is -2.41. The number of pyridine rings is 1. The lowest BCUT2D eigenvalue weighted by atomic mass is 9.90. The van der Waals surface area contributed by atoms with Gasteiger partial charge < -0.3 is 14.6 Å². The summed E-state index contributed by atoms with van der Waals surface area (Å²) in [6.45, 7) is 1.13. The Hall–Kier alpha value is -3.16. The van der Waals surface area contributed by atoms with Gasteiger partial charge in [-0.2, -0.15) is 0 Å². The van der Waals surface area contributed by atoms with E-state index in [-0.39, 0.29) is 24.0 Å². The molecule has 3 aromatic rings. The third-order valence-corrected chi connectivity index (χ3v) is 5.44. The average molecular weight is 375 g/mol. The van der Waals surface area contributed by atoms with Gasteiger partial charge in [0.05, 0.1) is 24.4 Å². The van der Waals surface area contributed by atoms with Gasteiger partial charge >= 0.3 is 0 Å². The summed E-state index contributed by atoms with van der Waals surface area (Å²) in [5.74, 6) is 0.875. The first kappa shape index (κ1) is 17.0. The first-order valence-electron chi connectivity index (χ1n) is 9.38. The van der Waals surface area contributed by atoms with Crippen molar-refractivity contribution in [2.75, 3.05) is 11.9 Å². The maximum absolute atomic E-state index is 13.3. The van der Waals surface area contributed by atoms with Crippen molar-refractivity contribution >= 4 is 11.6 Å². The van der Waals surface area contributed by atoms with Crippen molar-refractivity contribution in [3.05, 3.63) is 84.1 Å². The molecule has 1 aromatic carbocycles. The molecule has 0 saturated carbocycles. The first-order chi connectivity index (χ1) is 13.8. The zero-order valence-electron chi connectivity index (χ0n) is 15.2. The quantitative estimate of drug-likeness (QED) is 0.650. The Morgan fingerprint density at radius 1 is 1.14 bits per heavy atom. The largest absolute Gasteiger partial charge is 0.467 e. The van der Waals surface area contributed by atoms with E-state index in [0.717, 1.165) is 23.6 Å². The molecular formula is C21H21N5O2. The Morgan fingerprint density at radius 3 is 2.89 bits per heavy atom. The smallest absolute Gasteiger partial charge is 0.258 e. The number of hydrogen-bond donors (Lipinski definition) is 3. The zero-order chi connectivity index (χ0) is 18.9. The third kappa shape index (κ3) is 2.94. The van der Waals surface area contributed by atoms with Crippen LogP contribution in [0, 0.1) is 5.92 Å². The second kappa shape index (κ2) is 7.10. The number of carbonyl (C=O) groups excluding carboxylic acids is 1. The molecule has 2 aliphatic heterocycles. The van der Waals surface area contributed by atoms with Gasteiger partial charge in [-0.1, -0.05) is 18.2 Å². The Morgan fingerprint density at radius 2 is 2.07 bits per heavy atom. The number of amides is 1. The van der Waals surface area contributed by atoms with E-state index in [0.29, 0.717) is 12.1 Å². The van der Waals surface area contributed by atoms with Gasteiger partial charge in [0.2, 0.25) is 0 Å². The van der Waals surface area contributed by atoms with Gasteiger partial charge in [0.15, 0.2) is 0 Å². The summed E-state index contributed by atoms with van der Waals surface area (Å²) >= 11 is 0. The Bertz CT molecular complexity index is 960. The zero-order valence-corrected chi connectivity index (χ0v) is 15.2. The highest BCUT2D eigenvalue weighted by Gasteiger charge is 2.42. The molecule has 1 amide bonds. The standard InChI is InChI=1S/C21H21N5O2/c27-21-16-7-1-2-8-18(16)24-20(26(21)13-15-6-4-10-28-15)17-12-23-25-19(17)14-5-3-9-22-11-14/h1-11,17,19-20,23-25H,12-13H2. The lowest BCUT2D eigenvalue weighted by Crippen LogP contribution is -2.53. The molecule has 28 heavy (non-hydrogen) atoms. The Balaban J connectivity index is 1.52. The molecule has 7 nitrogen and oxygen atoms in total. The number of para-hydroxylation sites is 1. The number of anilines is 1. The van der Waals surface area contributed by atoms with E-state index in [9.17, 15) is 4.79 Å². The monoisotopic (exact) mass is 375 g/mol. The van der Waals surface area contributed by atoms with Crippen molar-refractivity contribution in [3.63, 3.8) is 0 Å². The van der Waals surface area contributed by atoms with Gasteiger partial charge in [-0.3, -0.25) is 15.2 Å². The van der Waals surface area contributed by atoms with Crippen molar-refractivity contribution in [2.45, 2.75) is 18.8 Å². The summed E-state index contributed by atoms with van der Waals surface area (Å²) in [5.41, 5.74) is 9.24. The number of benzene rings is 1. The van der Waals surface area contributed by atoms with Crippen LogP contribution in [-0.4, -0.2) is 28.5 Å².